The molecule has 0 spiro atoms. The third kappa shape index (κ3) is 0.678. The molecule has 0 aromatic heterocycles. The molecular weight excluding hydrogens is 129 g/mol. The van der Waals surface area contributed by atoms with Crippen molar-refractivity contribution in [2.45, 2.75) is 32.0 Å². The number of fused-ring (bicyclic) bond motifs is 1. The molecule has 10 heavy (non-hydrogen) atoms. The van der Waals surface area contributed by atoms with Gasteiger partial charge in [0.05, 0.1) is 0 Å². The molecule has 1 fully saturated rings. The van der Waals surface area contributed by atoms with E-state index >= 15 is 0 Å². The summed E-state index contributed by atoms with van der Waals surface area (Å²) in [5, 5.41) is 0. The van der Waals surface area contributed by atoms with Gasteiger partial charge in [-0.25, -0.2) is 4.39 Å². The van der Waals surface area contributed by atoms with Gasteiger partial charge in [-0.1, -0.05) is 6.08 Å². The second kappa shape index (κ2) is 1.97. The van der Waals surface area contributed by atoms with E-state index in [-0.39, 0.29) is 0 Å². The van der Waals surface area contributed by atoms with E-state index in [1.807, 2.05) is 6.08 Å². The minimum Gasteiger partial charge on any atom is -0.370 e. The van der Waals surface area contributed by atoms with Crippen LogP contribution in [-0.2, 0) is 0 Å². The van der Waals surface area contributed by atoms with Crippen LogP contribution in [0.3, 0.4) is 0 Å². The number of allylic oxidation sites excluding steroid dienone is 1. The molecule has 1 nitrogen and oxygen atoms in total. The smallest absolute Gasteiger partial charge is 0.141 e. The van der Waals surface area contributed by atoms with Gasteiger partial charge in [0.2, 0.25) is 0 Å². The molecular formula is C8H12FN. The van der Waals surface area contributed by atoms with E-state index in [9.17, 15) is 4.39 Å². The first kappa shape index (κ1) is 6.20. The van der Waals surface area contributed by atoms with Gasteiger partial charge in [0.15, 0.2) is 0 Å². The third-order valence-corrected chi connectivity index (χ3v) is 2.46. The highest BCUT2D eigenvalue weighted by molar-refractivity contribution is 5.18. The first-order valence-electron chi connectivity index (χ1n) is 3.90. The monoisotopic (exact) mass is 141 g/mol. The van der Waals surface area contributed by atoms with Crippen LogP contribution in [0.1, 0.15) is 19.8 Å². The Kier molecular flexibility index (Phi) is 1.22. The van der Waals surface area contributed by atoms with Gasteiger partial charge in [-0.05, 0) is 13.3 Å². The van der Waals surface area contributed by atoms with Crippen LogP contribution in [0.25, 0.3) is 0 Å². The molecule has 2 atom stereocenters. The largest absolute Gasteiger partial charge is 0.370 e. The standard InChI is InChI=1S/C8H12FN/c1-6-5-7(9)8-3-2-4-10(6)8/h3,6-7H,2,4-5H2,1H3. The van der Waals surface area contributed by atoms with E-state index in [0.717, 1.165) is 18.7 Å². The number of hydrogen-bond donors (Lipinski definition) is 0. The summed E-state index contributed by atoms with van der Waals surface area (Å²) in [6.45, 7) is 3.13. The summed E-state index contributed by atoms with van der Waals surface area (Å²) in [5.74, 6) is 0. The van der Waals surface area contributed by atoms with Crippen molar-refractivity contribution in [1.29, 1.82) is 0 Å². The number of nitrogens with zero attached hydrogens (tertiary/aromatic N) is 1. The number of alkyl halides is 1. The Morgan fingerprint density at radius 2 is 2.50 bits per heavy atom. The molecule has 0 bridgehead atoms. The van der Waals surface area contributed by atoms with Crippen molar-refractivity contribution >= 4 is 0 Å². The van der Waals surface area contributed by atoms with Gasteiger partial charge >= 0.3 is 0 Å². The number of hydrogen-bond acceptors (Lipinski definition) is 1. The van der Waals surface area contributed by atoms with E-state index in [0.29, 0.717) is 12.5 Å². The zero-order chi connectivity index (χ0) is 7.14. The highest BCUT2D eigenvalue weighted by atomic mass is 19.1. The zero-order valence-corrected chi connectivity index (χ0v) is 6.18. The second-order valence-electron chi connectivity index (χ2n) is 3.16. The van der Waals surface area contributed by atoms with Crippen LogP contribution in [0.4, 0.5) is 4.39 Å². The summed E-state index contributed by atoms with van der Waals surface area (Å²) in [5.41, 5.74) is 0.951. The van der Waals surface area contributed by atoms with Crippen molar-refractivity contribution in [3.63, 3.8) is 0 Å². The van der Waals surface area contributed by atoms with Crippen molar-refractivity contribution < 1.29 is 4.39 Å². The molecule has 2 heterocycles. The molecule has 0 aromatic carbocycles. The molecule has 0 saturated carbocycles. The number of rotatable bonds is 0. The summed E-state index contributed by atoms with van der Waals surface area (Å²) in [4.78, 5) is 2.19. The molecule has 1 saturated heterocycles. The van der Waals surface area contributed by atoms with E-state index in [1.165, 1.54) is 0 Å². The highest BCUT2D eigenvalue weighted by Crippen LogP contribution is 2.33. The molecule has 2 unspecified atom stereocenters. The predicted molar refractivity (Wildman–Crippen MR) is 38.4 cm³/mol. The first-order chi connectivity index (χ1) is 4.79. The molecule has 0 aliphatic carbocycles. The first-order valence-corrected chi connectivity index (χ1v) is 3.90. The fourth-order valence-corrected chi connectivity index (χ4v) is 1.93. The van der Waals surface area contributed by atoms with E-state index in [2.05, 4.69) is 11.8 Å². The summed E-state index contributed by atoms with van der Waals surface area (Å²) in [6.07, 6.45) is 3.11. The van der Waals surface area contributed by atoms with Gasteiger partial charge in [-0.2, -0.15) is 0 Å². The molecule has 56 valence electrons. The van der Waals surface area contributed by atoms with Crippen LogP contribution in [0, 0.1) is 0 Å². The summed E-state index contributed by atoms with van der Waals surface area (Å²) < 4.78 is 13.0. The Labute approximate surface area is 60.5 Å². The molecule has 2 aliphatic rings. The Balaban J connectivity index is 2.24. The maximum absolute atomic E-state index is 13.0. The summed E-state index contributed by atoms with van der Waals surface area (Å²) in [6, 6.07) is 0.434. The third-order valence-electron chi connectivity index (χ3n) is 2.46. The van der Waals surface area contributed by atoms with E-state index < -0.39 is 6.17 Å². The molecule has 0 aromatic rings. The van der Waals surface area contributed by atoms with Crippen molar-refractivity contribution in [3.05, 3.63) is 11.8 Å². The summed E-state index contributed by atoms with van der Waals surface area (Å²) in [7, 11) is 0. The fraction of sp³-hybridized carbons (Fsp3) is 0.750. The van der Waals surface area contributed by atoms with Crippen molar-refractivity contribution in [2.24, 2.45) is 0 Å². The molecule has 2 aliphatic heterocycles. The van der Waals surface area contributed by atoms with Gasteiger partial charge in [0, 0.05) is 24.7 Å². The molecule has 2 rings (SSSR count). The average molecular weight is 141 g/mol. The minimum atomic E-state index is -0.669. The lowest BCUT2D eigenvalue weighted by Gasteiger charge is -2.18. The van der Waals surface area contributed by atoms with Crippen molar-refractivity contribution in [3.8, 4) is 0 Å². The molecule has 0 radical (unpaired) electrons. The Hall–Kier alpha value is -0.530. The van der Waals surface area contributed by atoms with Gasteiger partial charge < -0.3 is 4.90 Å². The molecule has 0 amide bonds. The number of halogens is 1. The molecule has 0 N–H and O–H groups in total. The second-order valence-corrected chi connectivity index (χ2v) is 3.16. The van der Waals surface area contributed by atoms with Gasteiger partial charge in [0.25, 0.3) is 0 Å². The Morgan fingerprint density at radius 3 is 3.20 bits per heavy atom. The maximum atomic E-state index is 13.0. The van der Waals surface area contributed by atoms with Gasteiger partial charge in [0.1, 0.15) is 6.17 Å². The average Bonchev–Trinajstić information content (AvgIpc) is 2.39. The summed E-state index contributed by atoms with van der Waals surface area (Å²) >= 11 is 0. The normalized spacial score (nSPS) is 38.2. The topological polar surface area (TPSA) is 3.24 Å². The molecule has 2 heteroatoms. The van der Waals surface area contributed by atoms with Crippen LogP contribution >= 0.6 is 0 Å². The minimum absolute atomic E-state index is 0.434. The van der Waals surface area contributed by atoms with Crippen LogP contribution in [-0.4, -0.2) is 23.7 Å². The van der Waals surface area contributed by atoms with E-state index in [1.54, 1.807) is 0 Å². The van der Waals surface area contributed by atoms with Crippen LogP contribution in [0.5, 0.6) is 0 Å². The SMILES string of the molecule is CC1CC(F)C2=CCCN21. The van der Waals surface area contributed by atoms with Gasteiger partial charge in [-0.15, -0.1) is 0 Å². The highest BCUT2D eigenvalue weighted by Gasteiger charge is 2.35. The van der Waals surface area contributed by atoms with Crippen LogP contribution < -0.4 is 0 Å². The predicted octanol–water partition coefficient (Wildman–Crippen LogP) is 1.71. The lowest BCUT2D eigenvalue weighted by molar-refractivity contribution is 0.336. The lowest BCUT2D eigenvalue weighted by atomic mass is 10.2. The van der Waals surface area contributed by atoms with Crippen LogP contribution in [0.2, 0.25) is 0 Å². The quantitative estimate of drug-likeness (QED) is 0.496. The maximum Gasteiger partial charge on any atom is 0.141 e. The van der Waals surface area contributed by atoms with Crippen molar-refractivity contribution in [2.75, 3.05) is 6.54 Å². The fourth-order valence-electron chi connectivity index (χ4n) is 1.93. The van der Waals surface area contributed by atoms with Crippen LogP contribution in [0.15, 0.2) is 11.8 Å². The Bertz CT molecular complexity index is 176. The zero-order valence-electron chi connectivity index (χ0n) is 6.18. The lowest BCUT2D eigenvalue weighted by Crippen LogP contribution is -2.22. The van der Waals surface area contributed by atoms with E-state index in [4.69, 9.17) is 0 Å². The van der Waals surface area contributed by atoms with Crippen molar-refractivity contribution in [1.82, 2.24) is 4.90 Å². The Morgan fingerprint density at radius 1 is 1.70 bits per heavy atom. The van der Waals surface area contributed by atoms with Gasteiger partial charge in [-0.3, -0.25) is 0 Å².